The number of rotatable bonds is 7. The number of pyridine rings is 1. The maximum absolute atomic E-state index is 12.1. The number of aliphatic hydroxyl groups is 1. The lowest BCUT2D eigenvalue weighted by Gasteiger charge is -2.17. The van der Waals surface area contributed by atoms with Crippen molar-refractivity contribution in [1.82, 2.24) is 19.4 Å². The summed E-state index contributed by atoms with van der Waals surface area (Å²) in [6.45, 7) is 7.68. The molecule has 3 rings (SSSR count). The molecule has 0 amide bonds. The Morgan fingerprint density at radius 2 is 1.93 bits per heavy atom. The minimum Gasteiger partial charge on any atom is -0.480 e. The van der Waals surface area contributed by atoms with Gasteiger partial charge in [0.1, 0.15) is 11.9 Å². The molecule has 0 aliphatic heterocycles. The van der Waals surface area contributed by atoms with E-state index in [-0.39, 0.29) is 11.6 Å². The van der Waals surface area contributed by atoms with Gasteiger partial charge in [0, 0.05) is 37.0 Å². The van der Waals surface area contributed by atoms with Crippen LogP contribution in [0.15, 0.2) is 35.3 Å². The lowest BCUT2D eigenvalue weighted by Crippen LogP contribution is -2.44. The summed E-state index contributed by atoms with van der Waals surface area (Å²) < 4.78 is 3.69. The summed E-state index contributed by atoms with van der Waals surface area (Å²) in [5.41, 5.74) is 4.09. The molecule has 0 spiro atoms. The fourth-order valence-electron chi connectivity index (χ4n) is 3.67. The van der Waals surface area contributed by atoms with Crippen LogP contribution < -0.4 is 10.9 Å². The van der Waals surface area contributed by atoms with E-state index in [1.165, 1.54) is 6.92 Å². The molecule has 2 atom stereocenters. The van der Waals surface area contributed by atoms with Crippen molar-refractivity contribution in [3.8, 4) is 11.4 Å². The molecule has 0 saturated heterocycles. The molecule has 30 heavy (non-hydrogen) atoms. The zero-order valence-electron chi connectivity index (χ0n) is 17.9. The highest BCUT2D eigenvalue weighted by Gasteiger charge is 2.22. The average molecular weight is 412 g/mol. The number of carboxylic acid groups (broad SMARTS) is 1. The molecular formula is C22H28N4O4. The molecule has 0 aliphatic carbocycles. The lowest BCUT2D eigenvalue weighted by atomic mass is 10.1. The Balaban J connectivity index is 2.03. The predicted molar refractivity (Wildman–Crippen MR) is 115 cm³/mol. The van der Waals surface area contributed by atoms with E-state index in [9.17, 15) is 19.8 Å². The van der Waals surface area contributed by atoms with Crippen LogP contribution in [0.4, 0.5) is 0 Å². The average Bonchev–Trinajstić information content (AvgIpc) is 3.04. The molecule has 8 nitrogen and oxygen atoms in total. The Morgan fingerprint density at radius 1 is 1.23 bits per heavy atom. The number of hydrogen-bond donors (Lipinski definition) is 3. The van der Waals surface area contributed by atoms with Crippen LogP contribution >= 0.6 is 0 Å². The number of benzene rings is 1. The fraction of sp³-hybridized carbons (Fsp3) is 0.409. The zero-order valence-corrected chi connectivity index (χ0v) is 17.9. The number of nitrogens with zero attached hydrogens (tertiary/aromatic N) is 3. The minimum absolute atomic E-state index is 0.0367. The Hall–Kier alpha value is -2.97. The van der Waals surface area contributed by atoms with E-state index in [4.69, 9.17) is 4.98 Å². The highest BCUT2D eigenvalue weighted by Crippen LogP contribution is 2.29. The second-order valence-electron chi connectivity index (χ2n) is 7.99. The van der Waals surface area contributed by atoms with Gasteiger partial charge >= 0.3 is 5.97 Å². The van der Waals surface area contributed by atoms with E-state index in [2.05, 4.69) is 23.7 Å². The van der Waals surface area contributed by atoms with Crippen LogP contribution in [0.1, 0.15) is 37.9 Å². The molecule has 3 N–H and O–H groups in total. The maximum atomic E-state index is 12.1. The van der Waals surface area contributed by atoms with Crippen molar-refractivity contribution in [1.29, 1.82) is 0 Å². The van der Waals surface area contributed by atoms with Gasteiger partial charge in [0.05, 0.1) is 17.1 Å². The third-order valence-electron chi connectivity index (χ3n) is 5.17. The molecule has 2 heterocycles. The van der Waals surface area contributed by atoms with Gasteiger partial charge in [-0.3, -0.25) is 14.9 Å². The van der Waals surface area contributed by atoms with Crippen molar-refractivity contribution in [2.75, 3.05) is 0 Å². The molecule has 1 aromatic carbocycles. The second kappa shape index (κ2) is 8.41. The number of aromatic nitrogens is 3. The quantitative estimate of drug-likeness (QED) is 0.549. The Kier molecular flexibility index (Phi) is 6.09. The summed E-state index contributed by atoms with van der Waals surface area (Å²) in [5, 5.41) is 21.7. The number of aliphatic hydroxyl groups excluding tert-OH is 1. The van der Waals surface area contributed by atoms with Gasteiger partial charge in [0.15, 0.2) is 0 Å². The number of hydrogen-bond acceptors (Lipinski definition) is 5. The fourth-order valence-corrected chi connectivity index (χ4v) is 3.67. The van der Waals surface area contributed by atoms with Crippen molar-refractivity contribution in [3.05, 3.63) is 51.9 Å². The maximum Gasteiger partial charge on any atom is 0.323 e. The predicted octanol–water partition coefficient (Wildman–Crippen LogP) is 2.21. The first-order valence-electron chi connectivity index (χ1n) is 9.93. The standard InChI is InChI=1S/C22H28N4O4/c1-12(2)26-18-7-6-15(10-23-19(14(4)27)22(29)30)9-17(18)24-20(26)16-8-13(3)21(28)25(5)11-16/h6-9,11-12,14,19,23,27H,10H2,1-5H3,(H,29,30). The topological polar surface area (TPSA) is 109 Å². The lowest BCUT2D eigenvalue weighted by molar-refractivity contribution is -0.142. The van der Waals surface area contributed by atoms with E-state index in [0.29, 0.717) is 12.1 Å². The van der Waals surface area contributed by atoms with Gasteiger partial charge in [0.2, 0.25) is 0 Å². The summed E-state index contributed by atoms with van der Waals surface area (Å²) in [5.74, 6) is -0.321. The van der Waals surface area contributed by atoms with Crippen LogP contribution in [0.5, 0.6) is 0 Å². The molecule has 3 aromatic rings. The van der Waals surface area contributed by atoms with Crippen molar-refractivity contribution in [2.45, 2.75) is 52.4 Å². The molecule has 0 radical (unpaired) electrons. The molecule has 0 saturated carbocycles. The Morgan fingerprint density at radius 3 is 2.50 bits per heavy atom. The number of aryl methyl sites for hydroxylation is 2. The monoisotopic (exact) mass is 412 g/mol. The number of imidazole rings is 1. The molecule has 160 valence electrons. The van der Waals surface area contributed by atoms with Gasteiger partial charge in [-0.2, -0.15) is 0 Å². The van der Waals surface area contributed by atoms with E-state index < -0.39 is 18.1 Å². The van der Waals surface area contributed by atoms with Crippen LogP contribution in [-0.4, -0.2) is 42.4 Å². The van der Waals surface area contributed by atoms with E-state index in [1.54, 1.807) is 24.7 Å². The van der Waals surface area contributed by atoms with Gasteiger partial charge in [-0.15, -0.1) is 0 Å². The Labute approximate surface area is 174 Å². The first-order chi connectivity index (χ1) is 14.1. The zero-order chi connectivity index (χ0) is 22.2. The third-order valence-corrected chi connectivity index (χ3v) is 5.17. The van der Waals surface area contributed by atoms with E-state index >= 15 is 0 Å². The van der Waals surface area contributed by atoms with E-state index in [1.807, 2.05) is 24.3 Å². The number of fused-ring (bicyclic) bond motifs is 1. The van der Waals surface area contributed by atoms with Gasteiger partial charge in [0.25, 0.3) is 5.56 Å². The van der Waals surface area contributed by atoms with Crippen LogP contribution in [0.2, 0.25) is 0 Å². The van der Waals surface area contributed by atoms with Crippen molar-refractivity contribution in [3.63, 3.8) is 0 Å². The van der Waals surface area contributed by atoms with Crippen LogP contribution in [0.3, 0.4) is 0 Å². The smallest absolute Gasteiger partial charge is 0.323 e. The highest BCUT2D eigenvalue weighted by molar-refractivity contribution is 5.81. The first kappa shape index (κ1) is 21.7. The second-order valence-corrected chi connectivity index (χ2v) is 7.99. The van der Waals surface area contributed by atoms with Crippen LogP contribution in [0.25, 0.3) is 22.4 Å². The largest absolute Gasteiger partial charge is 0.480 e. The Bertz CT molecular complexity index is 1120. The van der Waals surface area contributed by atoms with E-state index in [0.717, 1.165) is 28.0 Å². The minimum atomic E-state index is -1.09. The summed E-state index contributed by atoms with van der Waals surface area (Å²) in [7, 11) is 1.73. The first-order valence-corrected chi connectivity index (χ1v) is 9.93. The number of carbonyl (C=O) groups is 1. The molecular weight excluding hydrogens is 384 g/mol. The van der Waals surface area contributed by atoms with Crippen molar-refractivity contribution in [2.24, 2.45) is 7.05 Å². The van der Waals surface area contributed by atoms with Crippen molar-refractivity contribution < 1.29 is 15.0 Å². The summed E-state index contributed by atoms with van der Waals surface area (Å²) in [6, 6.07) is 6.77. The molecule has 0 aliphatic rings. The normalized spacial score (nSPS) is 13.7. The van der Waals surface area contributed by atoms with Crippen LogP contribution in [-0.2, 0) is 18.4 Å². The van der Waals surface area contributed by atoms with Gasteiger partial charge in [-0.1, -0.05) is 6.07 Å². The van der Waals surface area contributed by atoms with Gasteiger partial charge in [-0.25, -0.2) is 4.98 Å². The molecule has 2 aromatic heterocycles. The third kappa shape index (κ3) is 4.15. The number of nitrogens with one attached hydrogen (secondary N) is 1. The van der Waals surface area contributed by atoms with Crippen LogP contribution in [0, 0.1) is 6.92 Å². The summed E-state index contributed by atoms with van der Waals surface area (Å²) in [6.07, 6.45) is 0.781. The van der Waals surface area contributed by atoms with Gasteiger partial charge in [-0.05, 0) is 51.5 Å². The number of aliphatic carboxylic acids is 1. The van der Waals surface area contributed by atoms with Crippen molar-refractivity contribution >= 4 is 17.0 Å². The SMILES string of the molecule is Cc1cc(-c2nc3cc(CNC(C(=O)O)C(C)O)ccc3n2C(C)C)cn(C)c1=O. The number of carboxylic acids is 1. The molecule has 2 unspecified atom stereocenters. The summed E-state index contributed by atoms with van der Waals surface area (Å²) in [4.78, 5) is 28.2. The molecule has 0 fully saturated rings. The molecule has 0 bridgehead atoms. The summed E-state index contributed by atoms with van der Waals surface area (Å²) >= 11 is 0. The molecule has 8 heteroatoms. The highest BCUT2D eigenvalue weighted by atomic mass is 16.4. The van der Waals surface area contributed by atoms with Gasteiger partial charge < -0.3 is 19.3 Å².